The van der Waals surface area contributed by atoms with E-state index in [2.05, 4.69) is 16.2 Å². The molecule has 0 spiro atoms. The van der Waals surface area contributed by atoms with Crippen LogP contribution in [0.15, 0.2) is 54.6 Å². The smallest absolute Gasteiger partial charge is 0.333 e. The van der Waals surface area contributed by atoms with Gasteiger partial charge in [0.25, 0.3) is 5.91 Å². The number of ether oxygens (including phenoxy) is 1. The molecule has 2 aromatic carbocycles. The average Bonchev–Trinajstić information content (AvgIpc) is 2.75. The van der Waals surface area contributed by atoms with Gasteiger partial charge in [-0.1, -0.05) is 37.3 Å². The highest BCUT2D eigenvalue weighted by atomic mass is 16.5. The predicted molar refractivity (Wildman–Crippen MR) is 113 cm³/mol. The lowest BCUT2D eigenvalue weighted by atomic mass is 10.0. The Morgan fingerprint density at radius 3 is 2.55 bits per heavy atom. The topological polar surface area (TPSA) is 92.4 Å². The molecule has 0 atom stereocenters. The quantitative estimate of drug-likeness (QED) is 0.558. The Morgan fingerprint density at radius 2 is 1.76 bits per heavy atom. The van der Waals surface area contributed by atoms with Gasteiger partial charge in [0.05, 0.1) is 23.4 Å². The van der Waals surface area contributed by atoms with E-state index in [1.807, 2.05) is 62.4 Å². The first-order valence-corrected chi connectivity index (χ1v) is 9.60. The van der Waals surface area contributed by atoms with Gasteiger partial charge >= 0.3 is 6.03 Å². The summed E-state index contributed by atoms with van der Waals surface area (Å²) in [5.41, 5.74) is 7.34. The lowest BCUT2D eigenvalue weighted by Crippen LogP contribution is -2.47. The fourth-order valence-corrected chi connectivity index (χ4v) is 2.92. The molecule has 0 aliphatic carbocycles. The Balaban J connectivity index is 1.97. The van der Waals surface area contributed by atoms with Crippen molar-refractivity contribution in [3.8, 4) is 17.0 Å². The van der Waals surface area contributed by atoms with Crippen LogP contribution in [0.4, 0.5) is 4.79 Å². The van der Waals surface area contributed by atoms with Crippen LogP contribution in [-0.4, -0.2) is 30.1 Å². The van der Waals surface area contributed by atoms with Gasteiger partial charge in [0.15, 0.2) is 0 Å². The fraction of sp³-hybridized carbons (Fsp3) is 0.227. The molecule has 29 heavy (non-hydrogen) atoms. The zero-order valence-electron chi connectivity index (χ0n) is 16.5. The van der Waals surface area contributed by atoms with Gasteiger partial charge in [-0.05, 0) is 37.6 Å². The van der Waals surface area contributed by atoms with Crippen LogP contribution < -0.4 is 20.9 Å². The maximum Gasteiger partial charge on any atom is 0.333 e. The first kappa shape index (κ1) is 20.1. The summed E-state index contributed by atoms with van der Waals surface area (Å²) in [6.07, 6.45) is 0.805. The number of benzene rings is 2. The summed E-state index contributed by atoms with van der Waals surface area (Å²) in [5.74, 6) is 0.270. The number of hydrogen-bond acceptors (Lipinski definition) is 4. The van der Waals surface area contributed by atoms with Crippen molar-refractivity contribution in [2.75, 3.05) is 13.2 Å². The average molecular weight is 392 g/mol. The van der Waals surface area contributed by atoms with Crippen LogP contribution in [-0.2, 0) is 0 Å². The number of aromatic nitrogens is 1. The maximum absolute atomic E-state index is 12.8. The van der Waals surface area contributed by atoms with Crippen molar-refractivity contribution in [3.05, 3.63) is 60.2 Å². The minimum atomic E-state index is -0.458. The van der Waals surface area contributed by atoms with E-state index in [1.54, 1.807) is 6.07 Å². The summed E-state index contributed by atoms with van der Waals surface area (Å²) in [7, 11) is 0. The van der Waals surface area contributed by atoms with Gasteiger partial charge in [0.1, 0.15) is 5.75 Å². The van der Waals surface area contributed by atoms with Crippen LogP contribution in [0.25, 0.3) is 22.2 Å². The minimum Gasteiger partial charge on any atom is -0.493 e. The highest BCUT2D eigenvalue weighted by molar-refractivity contribution is 6.07. The number of amides is 3. The largest absolute Gasteiger partial charge is 0.493 e. The van der Waals surface area contributed by atoms with Gasteiger partial charge < -0.3 is 10.1 Å². The van der Waals surface area contributed by atoms with Gasteiger partial charge in [0, 0.05) is 17.5 Å². The summed E-state index contributed by atoms with van der Waals surface area (Å²) in [6.45, 7) is 4.91. The molecule has 0 saturated carbocycles. The van der Waals surface area contributed by atoms with Crippen LogP contribution >= 0.6 is 0 Å². The van der Waals surface area contributed by atoms with Crippen molar-refractivity contribution in [2.24, 2.45) is 0 Å². The third-order valence-corrected chi connectivity index (χ3v) is 4.25. The van der Waals surface area contributed by atoms with E-state index in [9.17, 15) is 9.59 Å². The van der Waals surface area contributed by atoms with Crippen molar-refractivity contribution in [1.82, 2.24) is 21.2 Å². The van der Waals surface area contributed by atoms with E-state index in [0.29, 0.717) is 41.1 Å². The molecular formula is C22H24N4O3. The van der Waals surface area contributed by atoms with Crippen molar-refractivity contribution < 1.29 is 14.3 Å². The van der Waals surface area contributed by atoms with Crippen LogP contribution in [0.3, 0.4) is 0 Å². The molecule has 0 radical (unpaired) electrons. The third kappa shape index (κ3) is 4.82. The second-order valence-corrected chi connectivity index (χ2v) is 6.34. The lowest BCUT2D eigenvalue weighted by molar-refractivity contribution is 0.0938. The standard InChI is InChI=1S/C22H24N4O3/c1-3-13-23-22(28)26-25-21(27)17-14-19(24-18-11-7-5-9-15(17)18)16-10-6-8-12-20(16)29-4-2/h5-12,14H,3-4,13H2,1-2H3,(H,25,27)(H2,23,26,28). The molecule has 1 heterocycles. The van der Waals surface area contributed by atoms with Crippen molar-refractivity contribution in [3.63, 3.8) is 0 Å². The fourth-order valence-electron chi connectivity index (χ4n) is 2.92. The number of pyridine rings is 1. The Kier molecular flexibility index (Phi) is 6.63. The molecule has 0 aliphatic heterocycles. The third-order valence-electron chi connectivity index (χ3n) is 4.25. The van der Waals surface area contributed by atoms with Crippen molar-refractivity contribution >= 4 is 22.8 Å². The van der Waals surface area contributed by atoms with E-state index in [4.69, 9.17) is 9.72 Å². The number of urea groups is 1. The Labute approximate surface area is 169 Å². The molecule has 1 aromatic heterocycles. The van der Waals surface area contributed by atoms with Crippen molar-refractivity contribution in [2.45, 2.75) is 20.3 Å². The molecule has 0 bridgehead atoms. The van der Waals surface area contributed by atoms with Crippen molar-refractivity contribution in [1.29, 1.82) is 0 Å². The molecule has 0 aliphatic rings. The van der Waals surface area contributed by atoms with E-state index in [1.165, 1.54) is 0 Å². The predicted octanol–water partition coefficient (Wildman–Crippen LogP) is 3.65. The summed E-state index contributed by atoms with van der Waals surface area (Å²) in [4.78, 5) is 29.3. The van der Waals surface area contributed by atoms with Gasteiger partial charge in [-0.2, -0.15) is 0 Å². The summed E-state index contributed by atoms with van der Waals surface area (Å²) in [5, 5.41) is 3.33. The molecule has 3 rings (SSSR count). The van der Waals surface area contributed by atoms with E-state index >= 15 is 0 Å². The van der Waals surface area contributed by atoms with Crippen LogP contribution in [0, 0.1) is 0 Å². The number of hydrazine groups is 1. The van der Waals surface area contributed by atoms with Crippen LogP contribution in [0.5, 0.6) is 5.75 Å². The molecule has 0 fully saturated rings. The second kappa shape index (κ2) is 9.54. The molecule has 7 heteroatoms. The highest BCUT2D eigenvalue weighted by Crippen LogP contribution is 2.31. The Hall–Kier alpha value is -3.61. The minimum absolute atomic E-state index is 0.410. The normalized spacial score (nSPS) is 10.4. The molecule has 3 aromatic rings. The molecule has 3 amide bonds. The number of rotatable bonds is 6. The number of nitrogens with one attached hydrogen (secondary N) is 3. The second-order valence-electron chi connectivity index (χ2n) is 6.34. The number of carbonyl (C=O) groups is 2. The van der Waals surface area contributed by atoms with Gasteiger partial charge in [-0.3, -0.25) is 10.2 Å². The SMILES string of the molecule is CCCNC(=O)NNC(=O)c1cc(-c2ccccc2OCC)nc2ccccc12. The highest BCUT2D eigenvalue weighted by Gasteiger charge is 2.16. The Bertz CT molecular complexity index is 1020. The molecule has 0 saturated heterocycles. The molecule has 3 N–H and O–H groups in total. The molecule has 150 valence electrons. The molecule has 7 nitrogen and oxygen atoms in total. The molecular weight excluding hydrogens is 368 g/mol. The maximum atomic E-state index is 12.8. The van der Waals surface area contributed by atoms with Gasteiger partial charge in [0.2, 0.25) is 0 Å². The first-order chi connectivity index (χ1) is 14.1. The number of fused-ring (bicyclic) bond motifs is 1. The van der Waals surface area contributed by atoms with Gasteiger partial charge in [-0.25, -0.2) is 15.2 Å². The lowest BCUT2D eigenvalue weighted by Gasteiger charge is -2.13. The first-order valence-electron chi connectivity index (χ1n) is 9.60. The van der Waals surface area contributed by atoms with Gasteiger partial charge in [-0.15, -0.1) is 0 Å². The van der Waals surface area contributed by atoms with E-state index < -0.39 is 11.9 Å². The Morgan fingerprint density at radius 1 is 1.00 bits per heavy atom. The van der Waals surface area contributed by atoms with E-state index in [0.717, 1.165) is 12.0 Å². The summed E-state index contributed by atoms with van der Waals surface area (Å²) >= 11 is 0. The monoisotopic (exact) mass is 392 g/mol. The zero-order valence-corrected chi connectivity index (χ0v) is 16.5. The number of nitrogens with zero attached hydrogens (tertiary/aromatic N) is 1. The van der Waals surface area contributed by atoms with Crippen LogP contribution in [0.1, 0.15) is 30.6 Å². The van der Waals surface area contributed by atoms with E-state index in [-0.39, 0.29) is 0 Å². The summed E-state index contributed by atoms with van der Waals surface area (Å²) < 4.78 is 5.71. The number of carbonyl (C=O) groups excluding carboxylic acids is 2. The number of para-hydroxylation sites is 2. The van der Waals surface area contributed by atoms with Crippen LogP contribution in [0.2, 0.25) is 0 Å². The number of hydrogen-bond donors (Lipinski definition) is 3. The molecule has 0 unspecified atom stereocenters. The summed E-state index contributed by atoms with van der Waals surface area (Å²) in [6, 6.07) is 16.2. The zero-order chi connectivity index (χ0) is 20.6.